The Balaban J connectivity index is 2.48. The predicted molar refractivity (Wildman–Crippen MR) is 67.1 cm³/mol. The normalized spacial score (nSPS) is 19.8. The summed E-state index contributed by atoms with van der Waals surface area (Å²) in [5.74, 6) is -1.09. The summed E-state index contributed by atoms with van der Waals surface area (Å²) < 4.78 is 39.4. The molecule has 1 atom stereocenters. The molecule has 19 heavy (non-hydrogen) atoms. The summed E-state index contributed by atoms with van der Waals surface area (Å²) in [6, 6.07) is 2.70. The number of anilines is 1. The second-order valence-electron chi connectivity index (χ2n) is 4.35. The van der Waals surface area contributed by atoms with Gasteiger partial charge in [-0.25, -0.2) is 4.79 Å². The van der Waals surface area contributed by atoms with Crippen molar-refractivity contribution in [2.45, 2.75) is 25.1 Å². The fourth-order valence-corrected chi connectivity index (χ4v) is 2.64. The molecule has 3 nitrogen and oxygen atoms in total. The van der Waals surface area contributed by atoms with E-state index in [1.807, 2.05) is 0 Å². The molecule has 1 aliphatic heterocycles. The Morgan fingerprint density at radius 1 is 1.42 bits per heavy atom. The summed E-state index contributed by atoms with van der Waals surface area (Å²) in [6.45, 7) is 0.316. The molecule has 1 saturated heterocycles. The fourth-order valence-electron chi connectivity index (χ4n) is 2.29. The van der Waals surface area contributed by atoms with Crippen molar-refractivity contribution in [1.29, 1.82) is 0 Å². The molecule has 1 aromatic carbocycles. The zero-order valence-corrected chi connectivity index (χ0v) is 11.3. The van der Waals surface area contributed by atoms with Crippen LogP contribution < -0.4 is 4.90 Å². The third-order valence-corrected chi connectivity index (χ3v) is 3.61. The van der Waals surface area contributed by atoms with E-state index in [0.29, 0.717) is 23.9 Å². The Hall–Kier alpha value is -1.24. The molecule has 2 rings (SSSR count). The van der Waals surface area contributed by atoms with Crippen LogP contribution in [0.4, 0.5) is 18.9 Å². The number of nitrogens with zero attached hydrogens (tertiary/aromatic N) is 1. The molecule has 1 unspecified atom stereocenters. The quantitative estimate of drug-likeness (QED) is 0.897. The second kappa shape index (κ2) is 5.03. The topological polar surface area (TPSA) is 40.5 Å². The van der Waals surface area contributed by atoms with Crippen LogP contribution in [0.5, 0.6) is 0 Å². The molecular weight excluding hydrogens is 327 g/mol. The number of carboxylic acid groups (broad SMARTS) is 1. The molecule has 1 heterocycles. The van der Waals surface area contributed by atoms with Crippen molar-refractivity contribution in [3.63, 3.8) is 0 Å². The molecule has 0 bridgehead atoms. The van der Waals surface area contributed by atoms with E-state index in [4.69, 9.17) is 5.11 Å². The van der Waals surface area contributed by atoms with Crippen LogP contribution in [0.25, 0.3) is 0 Å². The van der Waals surface area contributed by atoms with Crippen molar-refractivity contribution in [3.8, 4) is 0 Å². The molecule has 7 heteroatoms. The molecule has 104 valence electrons. The minimum absolute atomic E-state index is 0.0771. The number of rotatable bonds is 2. The third-order valence-electron chi connectivity index (χ3n) is 3.11. The monoisotopic (exact) mass is 337 g/mol. The smallest absolute Gasteiger partial charge is 0.418 e. The highest BCUT2D eigenvalue weighted by Crippen LogP contribution is 2.40. The minimum atomic E-state index is -4.50. The van der Waals surface area contributed by atoms with Gasteiger partial charge in [0.05, 0.1) is 11.3 Å². The van der Waals surface area contributed by atoms with Crippen LogP contribution in [-0.2, 0) is 11.0 Å². The van der Waals surface area contributed by atoms with Gasteiger partial charge in [0.25, 0.3) is 0 Å². The lowest BCUT2D eigenvalue weighted by Crippen LogP contribution is -2.37. The summed E-state index contributed by atoms with van der Waals surface area (Å²) in [7, 11) is 0. The lowest BCUT2D eigenvalue weighted by Gasteiger charge is -2.27. The van der Waals surface area contributed by atoms with Crippen molar-refractivity contribution in [2.75, 3.05) is 11.4 Å². The van der Waals surface area contributed by atoms with E-state index in [1.165, 1.54) is 17.0 Å². The molecule has 1 fully saturated rings. The summed E-state index contributed by atoms with van der Waals surface area (Å²) >= 11 is 3.13. The first-order valence-electron chi connectivity index (χ1n) is 5.67. The van der Waals surface area contributed by atoms with Crippen LogP contribution in [0.2, 0.25) is 0 Å². The van der Waals surface area contributed by atoms with Gasteiger partial charge in [0, 0.05) is 11.0 Å². The molecule has 0 spiro atoms. The maximum absolute atomic E-state index is 13.0. The van der Waals surface area contributed by atoms with Crippen molar-refractivity contribution < 1.29 is 23.1 Å². The molecule has 1 aliphatic rings. The van der Waals surface area contributed by atoms with E-state index < -0.39 is 23.8 Å². The number of hydrogen-bond donors (Lipinski definition) is 1. The number of aliphatic carboxylic acids is 1. The van der Waals surface area contributed by atoms with Gasteiger partial charge >= 0.3 is 12.1 Å². The highest BCUT2D eigenvalue weighted by atomic mass is 79.9. The molecule has 0 aliphatic carbocycles. The van der Waals surface area contributed by atoms with E-state index in [1.54, 1.807) is 0 Å². The number of hydrogen-bond acceptors (Lipinski definition) is 2. The van der Waals surface area contributed by atoms with E-state index in [0.717, 1.165) is 6.07 Å². The number of benzene rings is 1. The average molecular weight is 338 g/mol. The Morgan fingerprint density at radius 3 is 2.68 bits per heavy atom. The van der Waals surface area contributed by atoms with Crippen LogP contribution in [0, 0.1) is 0 Å². The van der Waals surface area contributed by atoms with Gasteiger partial charge in [-0.15, -0.1) is 0 Å². The van der Waals surface area contributed by atoms with Crippen LogP contribution >= 0.6 is 15.9 Å². The molecule has 0 aromatic heterocycles. The van der Waals surface area contributed by atoms with E-state index >= 15 is 0 Å². The highest BCUT2D eigenvalue weighted by molar-refractivity contribution is 9.10. The molecule has 1 N–H and O–H groups in total. The first-order chi connectivity index (χ1) is 8.80. The Bertz CT molecular complexity index is 504. The molecule has 0 radical (unpaired) electrons. The molecule has 0 saturated carbocycles. The summed E-state index contributed by atoms with van der Waals surface area (Å²) in [4.78, 5) is 12.4. The lowest BCUT2D eigenvalue weighted by molar-refractivity contribution is -0.140. The van der Waals surface area contributed by atoms with Gasteiger partial charge < -0.3 is 10.0 Å². The minimum Gasteiger partial charge on any atom is -0.480 e. The summed E-state index contributed by atoms with van der Waals surface area (Å²) in [5, 5.41) is 9.07. The zero-order valence-electron chi connectivity index (χ0n) is 9.75. The van der Waals surface area contributed by atoms with Crippen molar-refractivity contribution >= 4 is 27.6 Å². The van der Waals surface area contributed by atoms with Crippen molar-refractivity contribution in [2.24, 2.45) is 0 Å². The van der Waals surface area contributed by atoms with Gasteiger partial charge in [0.15, 0.2) is 0 Å². The van der Waals surface area contributed by atoms with Gasteiger partial charge in [0.2, 0.25) is 0 Å². The Labute approximate surface area is 116 Å². The lowest BCUT2D eigenvalue weighted by atomic mass is 10.1. The maximum atomic E-state index is 13.0. The van der Waals surface area contributed by atoms with E-state index in [-0.39, 0.29) is 5.69 Å². The third kappa shape index (κ3) is 2.86. The Kier molecular flexibility index (Phi) is 3.75. The van der Waals surface area contributed by atoms with Gasteiger partial charge in [-0.3, -0.25) is 0 Å². The van der Waals surface area contributed by atoms with E-state index in [2.05, 4.69) is 15.9 Å². The average Bonchev–Trinajstić information content (AvgIpc) is 2.75. The number of carbonyl (C=O) groups is 1. The zero-order chi connectivity index (χ0) is 14.2. The van der Waals surface area contributed by atoms with Gasteiger partial charge in [-0.1, -0.05) is 15.9 Å². The molecular formula is C12H11BrF3NO2. The standard InChI is InChI=1S/C12H11BrF3NO2/c13-7-3-4-8(12(14,15)16)10(6-7)17-5-1-2-9(17)11(18)19/h3-4,6,9H,1-2,5H2,(H,18,19). The van der Waals surface area contributed by atoms with Crippen LogP contribution in [0.1, 0.15) is 18.4 Å². The van der Waals surface area contributed by atoms with Gasteiger partial charge in [-0.05, 0) is 31.0 Å². The maximum Gasteiger partial charge on any atom is 0.418 e. The first kappa shape index (κ1) is 14.2. The second-order valence-corrected chi connectivity index (χ2v) is 5.26. The van der Waals surface area contributed by atoms with Gasteiger partial charge in [0.1, 0.15) is 6.04 Å². The van der Waals surface area contributed by atoms with E-state index in [9.17, 15) is 18.0 Å². The number of carboxylic acids is 1. The van der Waals surface area contributed by atoms with Crippen LogP contribution in [0.15, 0.2) is 22.7 Å². The van der Waals surface area contributed by atoms with Crippen molar-refractivity contribution in [3.05, 3.63) is 28.2 Å². The fraction of sp³-hybridized carbons (Fsp3) is 0.417. The molecule has 0 amide bonds. The number of alkyl halides is 3. The van der Waals surface area contributed by atoms with Crippen LogP contribution in [0.3, 0.4) is 0 Å². The Morgan fingerprint density at radius 2 is 2.11 bits per heavy atom. The van der Waals surface area contributed by atoms with Crippen molar-refractivity contribution in [1.82, 2.24) is 0 Å². The summed E-state index contributed by atoms with van der Waals surface area (Å²) in [5.41, 5.74) is -0.879. The van der Waals surface area contributed by atoms with Gasteiger partial charge in [-0.2, -0.15) is 13.2 Å². The molecule has 1 aromatic rings. The largest absolute Gasteiger partial charge is 0.480 e. The summed E-state index contributed by atoms with van der Waals surface area (Å²) in [6.07, 6.45) is -3.57. The van der Waals surface area contributed by atoms with Crippen LogP contribution in [-0.4, -0.2) is 23.7 Å². The first-order valence-corrected chi connectivity index (χ1v) is 6.46. The number of halogens is 4. The predicted octanol–water partition coefficient (Wildman–Crippen LogP) is 3.52. The SMILES string of the molecule is O=C(O)C1CCCN1c1cc(Br)ccc1C(F)(F)F. The highest BCUT2D eigenvalue weighted by Gasteiger charge is 2.39.